The molecule has 0 bridgehead atoms. The summed E-state index contributed by atoms with van der Waals surface area (Å²) < 4.78 is 5.62. The Morgan fingerprint density at radius 3 is 3.05 bits per heavy atom. The van der Waals surface area contributed by atoms with E-state index in [-0.39, 0.29) is 11.8 Å². The van der Waals surface area contributed by atoms with E-state index in [9.17, 15) is 9.90 Å². The molecule has 1 aromatic carbocycles. The number of furan rings is 1. The molecule has 4 nitrogen and oxygen atoms in total. The fourth-order valence-electron chi connectivity index (χ4n) is 2.86. The monoisotopic (exact) mass is 307 g/mol. The first-order valence-electron chi connectivity index (χ1n) is 7.21. The zero-order chi connectivity index (χ0) is 15.0. The molecule has 2 atom stereocenters. The summed E-state index contributed by atoms with van der Waals surface area (Å²) in [6.45, 7) is 3.07. The molecule has 21 heavy (non-hydrogen) atoms. The second-order valence-electron chi connectivity index (χ2n) is 5.69. The lowest BCUT2D eigenvalue weighted by molar-refractivity contribution is 0.0444. The number of carbonyl (C=O) groups excluding carboxylic acids is 1. The van der Waals surface area contributed by atoms with Crippen molar-refractivity contribution in [1.29, 1.82) is 0 Å². The first kappa shape index (κ1) is 14.4. The third kappa shape index (κ3) is 2.92. The summed E-state index contributed by atoms with van der Waals surface area (Å²) in [6.07, 6.45) is 1.47. The van der Waals surface area contributed by atoms with E-state index in [1.165, 1.54) is 0 Å². The minimum atomic E-state index is -0.393. The van der Waals surface area contributed by atoms with E-state index >= 15 is 0 Å². The quantitative estimate of drug-likeness (QED) is 0.926. The van der Waals surface area contributed by atoms with Gasteiger partial charge in [0, 0.05) is 29.4 Å². The van der Waals surface area contributed by atoms with Crippen LogP contribution in [-0.4, -0.2) is 35.1 Å². The van der Waals surface area contributed by atoms with Crippen LogP contribution in [0.1, 0.15) is 30.3 Å². The van der Waals surface area contributed by atoms with E-state index in [1.807, 2.05) is 0 Å². The van der Waals surface area contributed by atoms with Gasteiger partial charge in [-0.15, -0.1) is 0 Å². The average Bonchev–Trinajstić information content (AvgIpc) is 2.89. The Morgan fingerprint density at radius 2 is 2.29 bits per heavy atom. The number of halogens is 1. The van der Waals surface area contributed by atoms with Crippen molar-refractivity contribution in [2.24, 2.45) is 5.92 Å². The number of aliphatic hydroxyl groups excluding tert-OH is 1. The summed E-state index contributed by atoms with van der Waals surface area (Å²) in [5, 5.41) is 11.2. The predicted molar refractivity (Wildman–Crippen MR) is 81.5 cm³/mol. The SMILES string of the molecule is CC(O)C1CCCN(C(=O)c2cc3cc(Cl)ccc3o2)C1. The average molecular weight is 308 g/mol. The van der Waals surface area contributed by atoms with Crippen molar-refractivity contribution >= 4 is 28.5 Å². The highest BCUT2D eigenvalue weighted by Crippen LogP contribution is 2.26. The molecule has 1 saturated heterocycles. The Bertz CT molecular complexity index is 665. The molecule has 0 radical (unpaired) electrons. The number of hydrogen-bond acceptors (Lipinski definition) is 3. The van der Waals surface area contributed by atoms with Gasteiger partial charge in [-0.2, -0.15) is 0 Å². The van der Waals surface area contributed by atoms with Crippen molar-refractivity contribution in [2.45, 2.75) is 25.9 Å². The second kappa shape index (κ2) is 5.70. The Labute approximate surface area is 128 Å². The summed E-state index contributed by atoms with van der Waals surface area (Å²) in [5.74, 6) is 0.354. The van der Waals surface area contributed by atoms with Crippen LogP contribution >= 0.6 is 11.6 Å². The Morgan fingerprint density at radius 1 is 1.48 bits per heavy atom. The van der Waals surface area contributed by atoms with Crippen LogP contribution in [0.15, 0.2) is 28.7 Å². The van der Waals surface area contributed by atoms with Gasteiger partial charge in [0.2, 0.25) is 0 Å². The van der Waals surface area contributed by atoms with Gasteiger partial charge in [0.1, 0.15) is 5.58 Å². The van der Waals surface area contributed by atoms with Gasteiger partial charge < -0.3 is 14.4 Å². The van der Waals surface area contributed by atoms with Crippen molar-refractivity contribution in [2.75, 3.05) is 13.1 Å². The molecule has 0 aliphatic carbocycles. The molecule has 2 heterocycles. The van der Waals surface area contributed by atoms with Gasteiger partial charge in [0.05, 0.1) is 6.10 Å². The highest BCUT2D eigenvalue weighted by Gasteiger charge is 2.28. The van der Waals surface area contributed by atoms with E-state index in [2.05, 4.69) is 0 Å². The lowest BCUT2D eigenvalue weighted by Gasteiger charge is -2.33. The maximum absolute atomic E-state index is 12.5. The Balaban J connectivity index is 1.82. The van der Waals surface area contributed by atoms with Crippen LogP contribution in [0.4, 0.5) is 0 Å². The van der Waals surface area contributed by atoms with Crippen molar-refractivity contribution < 1.29 is 14.3 Å². The molecule has 1 N–H and O–H groups in total. The Kier molecular flexibility index (Phi) is 3.91. The largest absolute Gasteiger partial charge is 0.451 e. The van der Waals surface area contributed by atoms with Crippen molar-refractivity contribution in [3.05, 3.63) is 35.0 Å². The number of piperidine rings is 1. The standard InChI is InChI=1S/C16H18ClNO3/c1-10(19)11-3-2-6-18(9-11)16(20)15-8-12-7-13(17)4-5-14(12)21-15/h4-5,7-8,10-11,19H,2-3,6,9H2,1H3. The molecule has 1 aliphatic rings. The number of likely N-dealkylation sites (tertiary alicyclic amines) is 1. The highest BCUT2D eigenvalue weighted by atomic mass is 35.5. The zero-order valence-corrected chi connectivity index (χ0v) is 12.6. The Hall–Kier alpha value is -1.52. The summed E-state index contributed by atoms with van der Waals surface area (Å²) in [6, 6.07) is 7.02. The number of carbonyl (C=O) groups is 1. The summed E-state index contributed by atoms with van der Waals surface area (Å²) >= 11 is 5.95. The summed E-state index contributed by atoms with van der Waals surface area (Å²) in [5.41, 5.74) is 0.659. The minimum absolute atomic E-state index is 0.118. The number of aliphatic hydroxyl groups is 1. The van der Waals surface area contributed by atoms with Crippen LogP contribution in [0.5, 0.6) is 0 Å². The molecule has 3 rings (SSSR count). The van der Waals surface area contributed by atoms with Gasteiger partial charge in [0.15, 0.2) is 5.76 Å². The van der Waals surface area contributed by atoms with Gasteiger partial charge in [-0.3, -0.25) is 4.79 Å². The molecule has 5 heteroatoms. The van der Waals surface area contributed by atoms with Crippen LogP contribution in [0, 0.1) is 5.92 Å². The molecule has 1 amide bonds. The third-order valence-corrected chi connectivity index (χ3v) is 4.35. The lowest BCUT2D eigenvalue weighted by Crippen LogP contribution is -2.42. The summed E-state index contributed by atoms with van der Waals surface area (Å²) in [4.78, 5) is 14.3. The van der Waals surface area contributed by atoms with Crippen LogP contribution in [0.2, 0.25) is 5.02 Å². The van der Waals surface area contributed by atoms with Crippen LogP contribution in [0.25, 0.3) is 11.0 Å². The van der Waals surface area contributed by atoms with Gasteiger partial charge in [0.25, 0.3) is 5.91 Å². The van der Waals surface area contributed by atoms with E-state index in [1.54, 1.807) is 36.1 Å². The fourth-order valence-corrected chi connectivity index (χ4v) is 3.04. The molecule has 1 aromatic heterocycles. The highest BCUT2D eigenvalue weighted by molar-refractivity contribution is 6.31. The van der Waals surface area contributed by atoms with Crippen molar-refractivity contribution in [3.8, 4) is 0 Å². The van der Waals surface area contributed by atoms with E-state index in [0.717, 1.165) is 18.2 Å². The van der Waals surface area contributed by atoms with Crippen LogP contribution in [0.3, 0.4) is 0 Å². The predicted octanol–water partition coefficient (Wildman–Crippen LogP) is 3.32. The lowest BCUT2D eigenvalue weighted by atomic mass is 9.93. The molecule has 2 aromatic rings. The molecule has 0 spiro atoms. The second-order valence-corrected chi connectivity index (χ2v) is 6.12. The van der Waals surface area contributed by atoms with Gasteiger partial charge in [-0.05, 0) is 44.0 Å². The van der Waals surface area contributed by atoms with Gasteiger partial charge in [-0.25, -0.2) is 0 Å². The first-order valence-corrected chi connectivity index (χ1v) is 7.59. The van der Waals surface area contributed by atoms with E-state index in [4.69, 9.17) is 16.0 Å². The topological polar surface area (TPSA) is 53.7 Å². The molecule has 112 valence electrons. The maximum atomic E-state index is 12.5. The third-order valence-electron chi connectivity index (χ3n) is 4.12. The normalized spacial score (nSPS) is 20.7. The van der Waals surface area contributed by atoms with Crippen LogP contribution < -0.4 is 0 Å². The number of benzene rings is 1. The number of amides is 1. The molecular weight excluding hydrogens is 290 g/mol. The maximum Gasteiger partial charge on any atom is 0.289 e. The number of fused-ring (bicyclic) bond motifs is 1. The molecule has 0 saturated carbocycles. The van der Waals surface area contributed by atoms with E-state index < -0.39 is 6.10 Å². The fraction of sp³-hybridized carbons (Fsp3) is 0.438. The zero-order valence-electron chi connectivity index (χ0n) is 11.9. The number of nitrogens with zero attached hydrogens (tertiary/aromatic N) is 1. The minimum Gasteiger partial charge on any atom is -0.451 e. The van der Waals surface area contributed by atoms with Crippen LogP contribution in [-0.2, 0) is 0 Å². The van der Waals surface area contributed by atoms with Crippen molar-refractivity contribution in [3.63, 3.8) is 0 Å². The van der Waals surface area contributed by atoms with Gasteiger partial charge >= 0.3 is 0 Å². The molecule has 1 aliphatic heterocycles. The van der Waals surface area contributed by atoms with Gasteiger partial charge in [-0.1, -0.05) is 11.6 Å². The van der Waals surface area contributed by atoms with E-state index in [0.29, 0.717) is 29.5 Å². The number of hydrogen-bond donors (Lipinski definition) is 1. The molecule has 1 fully saturated rings. The molecule has 2 unspecified atom stereocenters. The molecular formula is C16H18ClNO3. The van der Waals surface area contributed by atoms with Crippen molar-refractivity contribution in [1.82, 2.24) is 4.90 Å². The first-order chi connectivity index (χ1) is 10.0. The summed E-state index contributed by atoms with van der Waals surface area (Å²) in [7, 11) is 0. The number of rotatable bonds is 2. The smallest absolute Gasteiger partial charge is 0.289 e.